The standard InChI is InChI=1S/C20H30N2O4/c1-15(2)18(11-16-7-5-4-6-8-16)20(25)22-9-10-26-17(13-22)12-21(3)14-19(23)24/h4-8,15,17-18H,9-14H2,1-3H3,(H,23,24). The normalized spacial score (nSPS) is 19.0. The van der Waals surface area contributed by atoms with Crippen molar-refractivity contribution >= 4 is 11.9 Å². The number of rotatable bonds is 8. The first-order chi connectivity index (χ1) is 12.4. The number of ether oxygens (including phenoxy) is 1. The van der Waals surface area contributed by atoms with Crippen molar-refractivity contribution in [3.63, 3.8) is 0 Å². The van der Waals surface area contributed by atoms with E-state index in [-0.39, 0.29) is 30.4 Å². The van der Waals surface area contributed by atoms with E-state index in [2.05, 4.69) is 26.0 Å². The van der Waals surface area contributed by atoms with Gasteiger partial charge in [0.15, 0.2) is 0 Å². The average Bonchev–Trinajstić information content (AvgIpc) is 2.59. The molecule has 0 aromatic heterocycles. The van der Waals surface area contributed by atoms with Crippen molar-refractivity contribution in [3.05, 3.63) is 35.9 Å². The SMILES string of the molecule is CC(C)C(Cc1ccccc1)C(=O)N1CCOC(CN(C)CC(=O)O)C1. The molecule has 2 rings (SSSR count). The van der Waals surface area contributed by atoms with Gasteiger partial charge in [0.05, 0.1) is 19.3 Å². The van der Waals surface area contributed by atoms with Gasteiger partial charge in [-0.1, -0.05) is 44.2 Å². The molecule has 6 nitrogen and oxygen atoms in total. The number of hydrogen-bond acceptors (Lipinski definition) is 4. The summed E-state index contributed by atoms with van der Waals surface area (Å²) in [5.74, 6) is -0.511. The highest BCUT2D eigenvalue weighted by molar-refractivity contribution is 5.79. The van der Waals surface area contributed by atoms with Gasteiger partial charge in [0.2, 0.25) is 5.91 Å². The van der Waals surface area contributed by atoms with E-state index in [1.165, 1.54) is 5.56 Å². The molecule has 1 fully saturated rings. The molecule has 1 aromatic rings. The zero-order valence-electron chi connectivity index (χ0n) is 15.9. The van der Waals surface area contributed by atoms with Crippen molar-refractivity contribution < 1.29 is 19.4 Å². The summed E-state index contributed by atoms with van der Waals surface area (Å²) in [7, 11) is 1.75. The molecular formula is C20H30N2O4. The topological polar surface area (TPSA) is 70.1 Å². The molecule has 0 aliphatic carbocycles. The lowest BCUT2D eigenvalue weighted by molar-refractivity contribution is -0.146. The first-order valence-electron chi connectivity index (χ1n) is 9.21. The first kappa shape index (κ1) is 20.4. The molecule has 1 heterocycles. The quantitative estimate of drug-likeness (QED) is 0.763. The minimum atomic E-state index is -0.862. The molecule has 2 atom stereocenters. The van der Waals surface area contributed by atoms with E-state index in [0.717, 1.165) is 6.42 Å². The Morgan fingerprint density at radius 2 is 2.00 bits per heavy atom. The van der Waals surface area contributed by atoms with Crippen LogP contribution in [0.25, 0.3) is 0 Å². The highest BCUT2D eigenvalue weighted by Gasteiger charge is 2.31. The summed E-state index contributed by atoms with van der Waals surface area (Å²) in [6.07, 6.45) is 0.583. The van der Waals surface area contributed by atoms with Gasteiger partial charge < -0.3 is 14.7 Å². The largest absolute Gasteiger partial charge is 0.480 e. The lowest BCUT2D eigenvalue weighted by atomic mass is 9.87. The number of carboxylic acids is 1. The van der Waals surface area contributed by atoms with Crippen LogP contribution in [0.2, 0.25) is 0 Å². The number of benzene rings is 1. The first-order valence-corrected chi connectivity index (χ1v) is 9.21. The number of carbonyl (C=O) groups excluding carboxylic acids is 1. The van der Waals surface area contributed by atoms with Crippen LogP contribution in [0.1, 0.15) is 19.4 Å². The lowest BCUT2D eigenvalue weighted by Crippen LogP contribution is -2.51. The van der Waals surface area contributed by atoms with E-state index in [1.807, 2.05) is 23.1 Å². The maximum Gasteiger partial charge on any atom is 0.317 e. The Kier molecular flexibility index (Phi) is 7.60. The number of hydrogen-bond donors (Lipinski definition) is 1. The van der Waals surface area contributed by atoms with E-state index >= 15 is 0 Å². The third kappa shape index (κ3) is 6.11. The van der Waals surface area contributed by atoms with Gasteiger partial charge in [-0.05, 0) is 24.9 Å². The smallest absolute Gasteiger partial charge is 0.317 e. The highest BCUT2D eigenvalue weighted by Crippen LogP contribution is 2.21. The second-order valence-corrected chi connectivity index (χ2v) is 7.41. The van der Waals surface area contributed by atoms with Crippen molar-refractivity contribution in [2.75, 3.05) is 39.8 Å². The summed E-state index contributed by atoms with van der Waals surface area (Å²) in [4.78, 5) is 27.5. The van der Waals surface area contributed by atoms with Gasteiger partial charge in [0.25, 0.3) is 0 Å². The summed E-state index contributed by atoms with van der Waals surface area (Å²) in [5.41, 5.74) is 1.17. The monoisotopic (exact) mass is 362 g/mol. The van der Waals surface area contributed by atoms with Crippen LogP contribution in [0.5, 0.6) is 0 Å². The maximum atomic E-state index is 13.1. The van der Waals surface area contributed by atoms with Crippen LogP contribution in [0.3, 0.4) is 0 Å². The molecule has 26 heavy (non-hydrogen) atoms. The second-order valence-electron chi connectivity index (χ2n) is 7.41. The molecule has 1 aliphatic heterocycles. The molecule has 1 saturated heterocycles. The van der Waals surface area contributed by atoms with Gasteiger partial charge >= 0.3 is 5.97 Å². The Labute approximate surface area is 155 Å². The van der Waals surface area contributed by atoms with Crippen molar-refractivity contribution in [2.24, 2.45) is 11.8 Å². The number of carbonyl (C=O) groups is 2. The van der Waals surface area contributed by atoms with E-state index in [1.54, 1.807) is 11.9 Å². The van der Waals surface area contributed by atoms with E-state index in [4.69, 9.17) is 9.84 Å². The number of nitrogens with zero attached hydrogens (tertiary/aromatic N) is 2. The maximum absolute atomic E-state index is 13.1. The van der Waals surface area contributed by atoms with Crippen molar-refractivity contribution in [1.29, 1.82) is 0 Å². The number of aliphatic carboxylic acids is 1. The predicted octanol–water partition coefficient (Wildman–Crippen LogP) is 1.75. The molecular weight excluding hydrogens is 332 g/mol. The van der Waals surface area contributed by atoms with Crippen LogP contribution in [0, 0.1) is 11.8 Å². The molecule has 2 unspecified atom stereocenters. The zero-order valence-corrected chi connectivity index (χ0v) is 15.9. The summed E-state index contributed by atoms with van der Waals surface area (Å²) in [6, 6.07) is 10.1. The molecule has 1 amide bonds. The summed E-state index contributed by atoms with van der Waals surface area (Å²) < 4.78 is 5.74. The predicted molar refractivity (Wildman–Crippen MR) is 99.9 cm³/mol. The van der Waals surface area contributed by atoms with Crippen LogP contribution in [-0.2, 0) is 20.7 Å². The van der Waals surface area contributed by atoms with Crippen LogP contribution in [0.4, 0.5) is 0 Å². The van der Waals surface area contributed by atoms with Gasteiger partial charge in [-0.25, -0.2) is 0 Å². The third-order valence-corrected chi connectivity index (χ3v) is 4.79. The minimum absolute atomic E-state index is 0.0313. The second kappa shape index (κ2) is 9.69. The minimum Gasteiger partial charge on any atom is -0.480 e. The van der Waals surface area contributed by atoms with Gasteiger partial charge in [-0.2, -0.15) is 0 Å². The van der Waals surface area contributed by atoms with Gasteiger partial charge in [-0.3, -0.25) is 14.5 Å². The Hall–Kier alpha value is -1.92. The van der Waals surface area contributed by atoms with Crippen LogP contribution in [0.15, 0.2) is 30.3 Å². The summed E-state index contributed by atoms with van der Waals surface area (Å²) >= 11 is 0. The molecule has 0 spiro atoms. The van der Waals surface area contributed by atoms with Crippen molar-refractivity contribution in [3.8, 4) is 0 Å². The van der Waals surface area contributed by atoms with Crippen molar-refractivity contribution in [2.45, 2.75) is 26.4 Å². The van der Waals surface area contributed by atoms with Crippen molar-refractivity contribution in [1.82, 2.24) is 9.80 Å². The highest BCUT2D eigenvalue weighted by atomic mass is 16.5. The Morgan fingerprint density at radius 1 is 1.31 bits per heavy atom. The fourth-order valence-corrected chi connectivity index (χ4v) is 3.38. The van der Waals surface area contributed by atoms with Gasteiger partial charge in [-0.15, -0.1) is 0 Å². The molecule has 0 radical (unpaired) electrons. The lowest BCUT2D eigenvalue weighted by Gasteiger charge is -2.37. The Bertz CT molecular complexity index is 591. The molecule has 1 N–H and O–H groups in total. The molecule has 144 valence electrons. The Morgan fingerprint density at radius 3 is 2.62 bits per heavy atom. The number of carboxylic acid groups (broad SMARTS) is 1. The molecule has 0 bridgehead atoms. The number of amides is 1. The summed E-state index contributed by atoms with van der Waals surface area (Å²) in [5, 5.41) is 8.88. The fraction of sp³-hybridized carbons (Fsp3) is 0.600. The molecule has 1 aromatic carbocycles. The van der Waals surface area contributed by atoms with Crippen LogP contribution >= 0.6 is 0 Å². The van der Waals surface area contributed by atoms with Crippen LogP contribution < -0.4 is 0 Å². The number of morpholine rings is 1. The zero-order chi connectivity index (χ0) is 19.1. The van der Waals surface area contributed by atoms with Gasteiger partial charge in [0, 0.05) is 25.6 Å². The summed E-state index contributed by atoms with van der Waals surface area (Å²) in [6.45, 7) is 6.25. The third-order valence-electron chi connectivity index (χ3n) is 4.79. The van der Waals surface area contributed by atoms with Gasteiger partial charge in [0.1, 0.15) is 0 Å². The van der Waals surface area contributed by atoms with E-state index in [0.29, 0.717) is 26.2 Å². The van der Waals surface area contributed by atoms with E-state index < -0.39 is 5.97 Å². The molecule has 6 heteroatoms. The van der Waals surface area contributed by atoms with Crippen LogP contribution in [-0.4, -0.2) is 72.7 Å². The Balaban J connectivity index is 1.98. The average molecular weight is 362 g/mol. The molecule has 1 aliphatic rings. The molecule has 0 saturated carbocycles. The van der Waals surface area contributed by atoms with E-state index in [9.17, 15) is 9.59 Å². The fourth-order valence-electron chi connectivity index (χ4n) is 3.38. The number of likely N-dealkylation sites (N-methyl/N-ethyl adjacent to an activating group) is 1.